The summed E-state index contributed by atoms with van der Waals surface area (Å²) in [5.41, 5.74) is -2.44. The van der Waals surface area contributed by atoms with Gasteiger partial charge in [-0.15, -0.1) is 0 Å². The van der Waals surface area contributed by atoms with E-state index in [0.29, 0.717) is 30.3 Å². The molecule has 14 nitrogen and oxygen atoms in total. The van der Waals surface area contributed by atoms with Gasteiger partial charge >= 0.3 is 49.7 Å². The maximum absolute atomic E-state index is 10.8. The first kappa shape index (κ1) is 30.4. The first-order valence-electron chi connectivity index (χ1n) is 7.58. The van der Waals surface area contributed by atoms with Crippen molar-refractivity contribution < 1.29 is 65.5 Å². The fourth-order valence-corrected chi connectivity index (χ4v) is 3.08. The molecule has 2 rings (SSSR count). The van der Waals surface area contributed by atoms with Crippen LogP contribution in [0.4, 0.5) is 0 Å². The molecule has 4 N–H and O–H groups in total. The molecule has 0 radical (unpaired) electrons. The predicted octanol–water partition coefficient (Wildman–Crippen LogP) is -2.39. The van der Waals surface area contributed by atoms with Gasteiger partial charge < -0.3 is 30.0 Å². The molecule has 0 aliphatic carbocycles. The van der Waals surface area contributed by atoms with Crippen LogP contribution in [0, 0.1) is 0 Å². The molecular formula is C16H10CaO14S2. The summed E-state index contributed by atoms with van der Waals surface area (Å²) in [5, 5.41) is 38.1. The van der Waals surface area contributed by atoms with E-state index < -0.39 is 76.2 Å². The standard InChI is InChI=1S/2C8H6O7S.Ca/c2*9-7(10)4-1-5(8(11)12)3-6(2-4)16(13,14)15;/h2*1-3H,(H,9,10)(H,11,12)(H,13,14,15);/q;;+2/p-2. The van der Waals surface area contributed by atoms with E-state index in [1.54, 1.807) is 0 Å². The van der Waals surface area contributed by atoms with Gasteiger partial charge in [-0.2, -0.15) is 16.8 Å². The van der Waals surface area contributed by atoms with Crippen LogP contribution in [0.2, 0.25) is 0 Å². The van der Waals surface area contributed by atoms with Crippen molar-refractivity contribution in [2.24, 2.45) is 0 Å². The summed E-state index contributed by atoms with van der Waals surface area (Å²) in [4.78, 5) is 40.5. The average Bonchev–Trinajstić information content (AvgIpc) is 2.66. The number of carboxylic acids is 4. The van der Waals surface area contributed by atoms with E-state index in [1.165, 1.54) is 0 Å². The number of aromatic carboxylic acids is 4. The summed E-state index contributed by atoms with van der Waals surface area (Å²) in [6.07, 6.45) is 0. The number of carbonyl (C=O) groups is 4. The van der Waals surface area contributed by atoms with Gasteiger partial charge in [-0.05, 0) is 47.5 Å². The molecule has 0 aliphatic rings. The molecule has 0 bridgehead atoms. The minimum atomic E-state index is -4.70. The molecule has 0 saturated carbocycles. The Morgan fingerprint density at radius 2 is 0.818 bits per heavy atom. The van der Waals surface area contributed by atoms with Crippen molar-refractivity contribution in [1.82, 2.24) is 0 Å². The average molecular weight is 530 g/mol. The van der Waals surface area contributed by atoms with Gasteiger partial charge in [0.25, 0.3) is 20.2 Å². The summed E-state index contributed by atoms with van der Waals surface area (Å²) in [6.45, 7) is 0. The van der Waals surface area contributed by atoms with Gasteiger partial charge in [0, 0.05) is 0 Å². The van der Waals surface area contributed by atoms with Crippen molar-refractivity contribution in [2.75, 3.05) is 0 Å². The second kappa shape index (κ2) is 11.5. The predicted molar refractivity (Wildman–Crippen MR) is 101 cm³/mol. The van der Waals surface area contributed by atoms with E-state index in [4.69, 9.17) is 19.3 Å². The molecule has 2 aromatic carbocycles. The number of benzene rings is 2. The number of hydrogen-bond donors (Lipinski definition) is 4. The van der Waals surface area contributed by atoms with Crippen LogP contribution in [0.5, 0.6) is 0 Å². The molecule has 0 aliphatic heterocycles. The van der Waals surface area contributed by atoms with E-state index in [1.807, 2.05) is 0 Å². The van der Waals surface area contributed by atoms with Crippen LogP contribution in [-0.2, 0) is 20.2 Å². The summed E-state index contributed by atoms with van der Waals surface area (Å²) in [5.74, 6) is -6.53. The molecule has 33 heavy (non-hydrogen) atoms. The normalized spacial score (nSPS) is 10.7. The molecule has 0 atom stereocenters. The van der Waals surface area contributed by atoms with Crippen LogP contribution >= 0.6 is 0 Å². The third kappa shape index (κ3) is 9.04. The quantitative estimate of drug-likeness (QED) is 0.224. The Bertz CT molecular complexity index is 1160. The van der Waals surface area contributed by atoms with Crippen LogP contribution in [0.3, 0.4) is 0 Å². The Morgan fingerprint density at radius 1 is 0.576 bits per heavy atom. The molecule has 2 aromatic rings. The van der Waals surface area contributed by atoms with E-state index in [0.717, 1.165) is 6.07 Å². The van der Waals surface area contributed by atoms with Crippen LogP contribution in [0.1, 0.15) is 41.4 Å². The Hall–Kier alpha value is -2.60. The van der Waals surface area contributed by atoms with Crippen LogP contribution < -0.4 is 10.2 Å². The zero-order valence-electron chi connectivity index (χ0n) is 15.9. The van der Waals surface area contributed by atoms with Crippen molar-refractivity contribution in [2.45, 2.75) is 9.79 Å². The number of carbonyl (C=O) groups excluding carboxylic acids is 2. The topological polar surface area (TPSA) is 264 Å². The maximum atomic E-state index is 10.8. The van der Waals surface area contributed by atoms with Crippen molar-refractivity contribution in [3.63, 3.8) is 0 Å². The van der Waals surface area contributed by atoms with E-state index in [-0.39, 0.29) is 37.7 Å². The molecular weight excluding hydrogens is 520 g/mol. The Balaban J connectivity index is 0.000000602. The Morgan fingerprint density at radius 3 is 1.03 bits per heavy atom. The number of rotatable bonds is 6. The second-order valence-corrected chi connectivity index (χ2v) is 8.47. The zero-order chi connectivity index (χ0) is 25.0. The van der Waals surface area contributed by atoms with Crippen LogP contribution in [0.15, 0.2) is 46.2 Å². The first-order chi connectivity index (χ1) is 14.4. The van der Waals surface area contributed by atoms with Gasteiger partial charge in [0.05, 0.1) is 32.9 Å². The molecule has 0 spiro atoms. The minimum absolute atomic E-state index is 0. The fraction of sp³-hybridized carbons (Fsp3) is 0. The summed E-state index contributed by atoms with van der Waals surface area (Å²) in [6, 6.07) is 3.96. The zero-order valence-corrected chi connectivity index (χ0v) is 19.7. The van der Waals surface area contributed by atoms with Crippen LogP contribution in [-0.4, -0.2) is 97.8 Å². The van der Waals surface area contributed by atoms with Gasteiger partial charge in [-0.3, -0.25) is 9.11 Å². The molecule has 0 amide bonds. The third-order valence-corrected chi connectivity index (χ3v) is 5.04. The summed E-state index contributed by atoms with van der Waals surface area (Å²) < 4.78 is 60.3. The van der Waals surface area contributed by atoms with Crippen molar-refractivity contribution >= 4 is 81.9 Å². The van der Waals surface area contributed by atoms with Gasteiger partial charge in [0.2, 0.25) is 0 Å². The first-order valence-corrected chi connectivity index (χ1v) is 10.5. The molecule has 0 aromatic heterocycles. The van der Waals surface area contributed by atoms with E-state index in [2.05, 4.69) is 0 Å². The Kier molecular flexibility index (Phi) is 10.6. The van der Waals surface area contributed by atoms with Crippen molar-refractivity contribution in [1.29, 1.82) is 0 Å². The monoisotopic (exact) mass is 530 g/mol. The van der Waals surface area contributed by atoms with Crippen molar-refractivity contribution in [3.05, 3.63) is 58.7 Å². The summed E-state index contributed by atoms with van der Waals surface area (Å²) in [7, 11) is -9.34. The van der Waals surface area contributed by atoms with E-state index in [9.17, 15) is 46.2 Å². The number of carboxylic acid groups (broad SMARTS) is 4. The van der Waals surface area contributed by atoms with Crippen molar-refractivity contribution in [3.8, 4) is 0 Å². The van der Waals surface area contributed by atoms with Gasteiger partial charge in [0.15, 0.2) is 0 Å². The second-order valence-electron chi connectivity index (χ2n) is 5.63. The SMILES string of the molecule is O=C(O)c1cc(C(=O)O)cc(S(=O)(=O)O)c1.O=C([O-])c1cc(C(=O)[O-])cc(S(=O)(=O)O)c1.[Ca+2]. The smallest absolute Gasteiger partial charge is 0.545 e. The van der Waals surface area contributed by atoms with Gasteiger partial charge in [-0.1, -0.05) is 0 Å². The number of hydrogen-bond acceptors (Lipinski definition) is 10. The minimum Gasteiger partial charge on any atom is -0.545 e. The van der Waals surface area contributed by atoms with E-state index >= 15 is 0 Å². The molecule has 0 fully saturated rings. The van der Waals surface area contributed by atoms with Gasteiger partial charge in [-0.25, -0.2) is 9.59 Å². The largest absolute Gasteiger partial charge is 2.00 e. The third-order valence-electron chi connectivity index (χ3n) is 3.37. The molecule has 0 saturated heterocycles. The fourth-order valence-electron chi connectivity index (χ4n) is 1.98. The Labute approximate surface area is 214 Å². The summed E-state index contributed by atoms with van der Waals surface area (Å²) >= 11 is 0. The molecule has 172 valence electrons. The van der Waals surface area contributed by atoms with Gasteiger partial charge in [0.1, 0.15) is 0 Å². The maximum Gasteiger partial charge on any atom is 2.00 e. The molecule has 0 heterocycles. The molecule has 17 heteroatoms. The molecule has 0 unspecified atom stereocenters. The van der Waals surface area contributed by atoms with Crippen LogP contribution in [0.25, 0.3) is 0 Å².